The molecular weight excluding hydrogens is 308 g/mol. The molecule has 0 radical (unpaired) electrons. The Balaban J connectivity index is 2.62. The van der Waals surface area contributed by atoms with Gasteiger partial charge in [0.15, 0.2) is 0 Å². The molecule has 0 N–H and O–H groups in total. The van der Waals surface area contributed by atoms with Crippen LogP contribution in [0.5, 0.6) is 17.2 Å². The zero-order valence-electron chi connectivity index (χ0n) is 14.0. The number of carbonyl (C=O) groups is 1. The summed E-state index contributed by atoms with van der Waals surface area (Å²) in [5.41, 5.74) is 1.36. The summed E-state index contributed by atoms with van der Waals surface area (Å²) >= 11 is 0. The molecule has 0 aliphatic heterocycles. The largest absolute Gasteiger partial charge is 0.495 e. The second-order valence-corrected chi connectivity index (χ2v) is 4.66. The van der Waals surface area contributed by atoms with Crippen LogP contribution in [-0.4, -0.2) is 34.4 Å². The van der Waals surface area contributed by atoms with Crippen molar-refractivity contribution in [3.05, 3.63) is 53.1 Å². The molecule has 0 aliphatic carbocycles. The topological polar surface area (TPSA) is 54.0 Å². The Bertz CT molecular complexity index is 777. The van der Waals surface area contributed by atoms with Crippen molar-refractivity contribution in [2.75, 3.05) is 28.4 Å². The Morgan fingerprint density at radius 1 is 0.750 bits per heavy atom. The van der Waals surface area contributed by atoms with Crippen LogP contribution in [0.15, 0.2) is 36.4 Å². The van der Waals surface area contributed by atoms with E-state index in [1.54, 1.807) is 44.6 Å². The molecule has 2 aromatic carbocycles. The fourth-order valence-electron chi connectivity index (χ4n) is 2.21. The van der Waals surface area contributed by atoms with Crippen molar-refractivity contribution in [1.29, 1.82) is 0 Å². The van der Waals surface area contributed by atoms with E-state index < -0.39 is 5.97 Å². The lowest BCUT2D eigenvalue weighted by atomic mass is 10.1. The summed E-state index contributed by atoms with van der Waals surface area (Å²) in [5, 5.41) is 0. The molecular formula is C19H18O5. The molecule has 0 saturated heterocycles. The number of hydrogen-bond acceptors (Lipinski definition) is 5. The normalized spacial score (nSPS) is 9.50. The summed E-state index contributed by atoms with van der Waals surface area (Å²) in [6, 6.07) is 10.5. The minimum Gasteiger partial charge on any atom is -0.495 e. The van der Waals surface area contributed by atoms with Crippen LogP contribution in [0.25, 0.3) is 0 Å². The van der Waals surface area contributed by atoms with Gasteiger partial charge in [0, 0.05) is 0 Å². The first-order valence-corrected chi connectivity index (χ1v) is 7.14. The average Bonchev–Trinajstić information content (AvgIpc) is 2.64. The van der Waals surface area contributed by atoms with Gasteiger partial charge in [-0.15, -0.1) is 0 Å². The van der Waals surface area contributed by atoms with E-state index in [1.165, 1.54) is 14.2 Å². The number of carbonyl (C=O) groups excluding carboxylic acids is 1. The fourth-order valence-corrected chi connectivity index (χ4v) is 2.21. The van der Waals surface area contributed by atoms with E-state index in [0.717, 1.165) is 0 Å². The van der Waals surface area contributed by atoms with Crippen molar-refractivity contribution in [1.82, 2.24) is 0 Å². The third-order valence-electron chi connectivity index (χ3n) is 3.39. The number of rotatable bonds is 4. The molecule has 124 valence electrons. The van der Waals surface area contributed by atoms with Crippen molar-refractivity contribution in [2.45, 2.75) is 0 Å². The smallest absolute Gasteiger partial charge is 0.339 e. The van der Waals surface area contributed by atoms with Gasteiger partial charge in [0.1, 0.15) is 22.8 Å². The summed E-state index contributed by atoms with van der Waals surface area (Å²) in [4.78, 5) is 12.0. The summed E-state index contributed by atoms with van der Waals surface area (Å²) in [7, 11) is 5.96. The van der Waals surface area contributed by atoms with Gasteiger partial charge in [0.25, 0.3) is 0 Å². The van der Waals surface area contributed by atoms with E-state index in [4.69, 9.17) is 18.9 Å². The number of methoxy groups -OCH3 is 4. The van der Waals surface area contributed by atoms with Crippen LogP contribution in [-0.2, 0) is 4.74 Å². The highest BCUT2D eigenvalue weighted by molar-refractivity contribution is 5.93. The molecule has 0 fully saturated rings. The molecule has 0 saturated carbocycles. The number of benzene rings is 2. The predicted octanol–water partition coefficient (Wildman–Crippen LogP) is 2.90. The number of hydrogen-bond donors (Lipinski definition) is 0. The first-order valence-electron chi connectivity index (χ1n) is 7.14. The highest BCUT2D eigenvalue weighted by atomic mass is 16.5. The first-order chi connectivity index (χ1) is 11.7. The molecule has 0 bridgehead atoms. The average molecular weight is 326 g/mol. The summed E-state index contributed by atoms with van der Waals surface area (Å²) in [5.74, 6) is 7.15. The maximum absolute atomic E-state index is 12.0. The van der Waals surface area contributed by atoms with Crippen molar-refractivity contribution in [2.24, 2.45) is 0 Å². The van der Waals surface area contributed by atoms with Gasteiger partial charge in [-0.2, -0.15) is 0 Å². The molecule has 0 unspecified atom stereocenters. The van der Waals surface area contributed by atoms with Crippen LogP contribution in [0.3, 0.4) is 0 Å². The maximum Gasteiger partial charge on any atom is 0.339 e. The quantitative estimate of drug-likeness (QED) is 0.639. The van der Waals surface area contributed by atoms with Crippen LogP contribution in [0.2, 0.25) is 0 Å². The van der Waals surface area contributed by atoms with Crippen molar-refractivity contribution in [3.63, 3.8) is 0 Å². The summed E-state index contributed by atoms with van der Waals surface area (Å²) < 4.78 is 20.8. The molecule has 2 rings (SSSR count). The van der Waals surface area contributed by atoms with Crippen LogP contribution in [0, 0.1) is 11.8 Å². The van der Waals surface area contributed by atoms with Crippen molar-refractivity contribution < 1.29 is 23.7 Å². The second-order valence-electron chi connectivity index (χ2n) is 4.66. The lowest BCUT2D eigenvalue weighted by Gasteiger charge is -2.09. The highest BCUT2D eigenvalue weighted by Crippen LogP contribution is 2.28. The molecule has 0 heterocycles. The van der Waals surface area contributed by atoms with E-state index >= 15 is 0 Å². The van der Waals surface area contributed by atoms with E-state index in [2.05, 4.69) is 11.8 Å². The van der Waals surface area contributed by atoms with E-state index in [9.17, 15) is 4.79 Å². The highest BCUT2D eigenvalue weighted by Gasteiger charge is 2.15. The maximum atomic E-state index is 12.0. The Morgan fingerprint density at radius 2 is 1.21 bits per heavy atom. The molecule has 2 aromatic rings. The third kappa shape index (κ3) is 3.44. The van der Waals surface area contributed by atoms with Crippen molar-refractivity contribution in [3.8, 4) is 29.1 Å². The molecule has 0 aromatic heterocycles. The van der Waals surface area contributed by atoms with Gasteiger partial charge < -0.3 is 18.9 Å². The van der Waals surface area contributed by atoms with Crippen molar-refractivity contribution >= 4 is 5.97 Å². The van der Waals surface area contributed by atoms with E-state index in [1.807, 2.05) is 6.07 Å². The standard InChI is InChI=1S/C19H18O5/c1-21-16-8-5-7-14(19(20)24-4)13(16)11-12-15-17(22-2)9-6-10-18(15)23-3/h5-10H,1-4H3. The zero-order chi connectivity index (χ0) is 17.5. The molecule has 5 nitrogen and oxygen atoms in total. The van der Waals surface area contributed by atoms with Crippen LogP contribution in [0.1, 0.15) is 21.5 Å². The van der Waals surface area contributed by atoms with Gasteiger partial charge in [-0.1, -0.05) is 24.0 Å². The van der Waals surface area contributed by atoms with Gasteiger partial charge in [-0.25, -0.2) is 4.79 Å². The van der Waals surface area contributed by atoms with Crippen LogP contribution in [0.4, 0.5) is 0 Å². The van der Waals surface area contributed by atoms with E-state index in [0.29, 0.717) is 33.9 Å². The molecule has 0 spiro atoms. The summed E-state index contributed by atoms with van der Waals surface area (Å²) in [6.45, 7) is 0. The van der Waals surface area contributed by atoms with Gasteiger partial charge in [0.05, 0.1) is 39.6 Å². The SMILES string of the molecule is COC(=O)c1cccc(OC)c1C#Cc1c(OC)cccc1OC. The molecule has 5 heteroatoms. The predicted molar refractivity (Wildman–Crippen MR) is 89.9 cm³/mol. The Morgan fingerprint density at radius 3 is 1.71 bits per heavy atom. The lowest BCUT2D eigenvalue weighted by Crippen LogP contribution is -2.05. The molecule has 0 atom stereocenters. The zero-order valence-corrected chi connectivity index (χ0v) is 14.0. The van der Waals surface area contributed by atoms with Gasteiger partial charge in [-0.3, -0.25) is 0 Å². The second kappa shape index (κ2) is 7.93. The van der Waals surface area contributed by atoms with Crippen LogP contribution < -0.4 is 14.2 Å². The van der Waals surface area contributed by atoms with Gasteiger partial charge in [-0.05, 0) is 24.3 Å². The minimum atomic E-state index is -0.481. The fraction of sp³-hybridized carbons (Fsp3) is 0.211. The molecule has 0 aliphatic rings. The molecule has 24 heavy (non-hydrogen) atoms. The van der Waals surface area contributed by atoms with Gasteiger partial charge in [0.2, 0.25) is 0 Å². The monoisotopic (exact) mass is 326 g/mol. The first kappa shape index (κ1) is 17.2. The lowest BCUT2D eigenvalue weighted by molar-refractivity contribution is 0.0600. The Kier molecular flexibility index (Phi) is 5.69. The Labute approximate surface area is 141 Å². The number of esters is 1. The third-order valence-corrected chi connectivity index (χ3v) is 3.39. The molecule has 0 amide bonds. The Hall–Kier alpha value is -3.13. The van der Waals surface area contributed by atoms with E-state index in [-0.39, 0.29) is 0 Å². The number of ether oxygens (including phenoxy) is 4. The van der Waals surface area contributed by atoms with Crippen LogP contribution >= 0.6 is 0 Å². The van der Waals surface area contributed by atoms with Gasteiger partial charge >= 0.3 is 5.97 Å². The minimum absolute atomic E-state index is 0.332. The summed E-state index contributed by atoms with van der Waals surface area (Å²) in [6.07, 6.45) is 0.